The van der Waals surface area contributed by atoms with E-state index < -0.39 is 0 Å². The molecule has 110 valence electrons. The summed E-state index contributed by atoms with van der Waals surface area (Å²) in [5, 5.41) is 0. The van der Waals surface area contributed by atoms with Gasteiger partial charge in [-0.3, -0.25) is 4.79 Å². The van der Waals surface area contributed by atoms with Gasteiger partial charge in [-0.05, 0) is 61.2 Å². The smallest absolute Gasteiger partial charge is 0.188 e. The van der Waals surface area contributed by atoms with Gasteiger partial charge in [-0.2, -0.15) is 0 Å². The number of aryl methyl sites for hydroxylation is 3. The van der Waals surface area contributed by atoms with Crippen LogP contribution in [0.25, 0.3) is 0 Å². The summed E-state index contributed by atoms with van der Waals surface area (Å²) in [5.41, 5.74) is 5.17. The Morgan fingerprint density at radius 1 is 1.00 bits per heavy atom. The fourth-order valence-electron chi connectivity index (χ4n) is 2.18. The summed E-state index contributed by atoms with van der Waals surface area (Å²) < 4.78 is 6.57. The van der Waals surface area contributed by atoms with Gasteiger partial charge in [0, 0.05) is 10.0 Å². The van der Waals surface area contributed by atoms with E-state index >= 15 is 0 Å². The van der Waals surface area contributed by atoms with Gasteiger partial charge < -0.3 is 4.74 Å². The van der Waals surface area contributed by atoms with Gasteiger partial charge in [-0.1, -0.05) is 34.1 Å². The van der Waals surface area contributed by atoms with Crippen LogP contribution < -0.4 is 0 Å². The van der Waals surface area contributed by atoms with Crippen LogP contribution in [-0.4, -0.2) is 12.4 Å². The molecule has 2 nitrogen and oxygen atoms in total. The summed E-state index contributed by atoms with van der Waals surface area (Å²) in [4.78, 5) is 12.2. The zero-order valence-corrected chi connectivity index (χ0v) is 14.2. The second kappa shape index (κ2) is 7.01. The number of Topliss-reactive ketones (excluding diaryl/α,β-unsaturated/α-hetero) is 1. The van der Waals surface area contributed by atoms with E-state index in [2.05, 4.69) is 28.9 Å². The van der Waals surface area contributed by atoms with Gasteiger partial charge in [-0.25, -0.2) is 0 Å². The molecule has 2 aromatic carbocycles. The van der Waals surface area contributed by atoms with E-state index in [-0.39, 0.29) is 12.4 Å². The first-order chi connectivity index (χ1) is 9.97. The number of rotatable bonds is 5. The number of carbonyl (C=O) groups excluding carboxylic acids is 1. The molecule has 0 aliphatic rings. The lowest BCUT2D eigenvalue weighted by molar-refractivity contribution is 0.0726. The highest BCUT2D eigenvalue weighted by atomic mass is 79.9. The van der Waals surface area contributed by atoms with Crippen LogP contribution in [0.5, 0.6) is 0 Å². The van der Waals surface area contributed by atoms with Crippen LogP contribution >= 0.6 is 15.9 Å². The van der Waals surface area contributed by atoms with Gasteiger partial charge in [0.15, 0.2) is 5.78 Å². The molecule has 0 bridgehead atoms. The highest BCUT2D eigenvalue weighted by Crippen LogP contribution is 2.16. The summed E-state index contributed by atoms with van der Waals surface area (Å²) in [5.74, 6) is 0.0349. The Kier molecular flexibility index (Phi) is 5.32. The molecular weight excluding hydrogens is 328 g/mol. The molecule has 0 spiro atoms. The van der Waals surface area contributed by atoms with Crippen molar-refractivity contribution in [1.82, 2.24) is 0 Å². The molecule has 0 unspecified atom stereocenters. The molecule has 2 aromatic rings. The van der Waals surface area contributed by atoms with E-state index in [0.717, 1.165) is 26.7 Å². The van der Waals surface area contributed by atoms with E-state index in [1.807, 2.05) is 44.2 Å². The van der Waals surface area contributed by atoms with Crippen molar-refractivity contribution >= 4 is 21.7 Å². The van der Waals surface area contributed by atoms with Gasteiger partial charge in [0.1, 0.15) is 6.61 Å². The predicted molar refractivity (Wildman–Crippen MR) is 88.8 cm³/mol. The molecule has 2 rings (SSSR count). The van der Waals surface area contributed by atoms with Gasteiger partial charge in [0.05, 0.1) is 6.61 Å². The molecular formula is C18H19BrO2. The minimum atomic E-state index is 0.0349. The number of hydrogen-bond acceptors (Lipinski definition) is 2. The molecule has 0 N–H and O–H groups in total. The number of ketones is 1. The average Bonchev–Trinajstić information content (AvgIpc) is 2.45. The minimum Gasteiger partial charge on any atom is -0.369 e. The molecule has 0 fully saturated rings. The zero-order valence-electron chi connectivity index (χ0n) is 12.6. The van der Waals surface area contributed by atoms with Gasteiger partial charge in [-0.15, -0.1) is 0 Å². The third kappa shape index (κ3) is 4.26. The molecule has 0 saturated heterocycles. The van der Waals surface area contributed by atoms with E-state index in [0.29, 0.717) is 6.61 Å². The van der Waals surface area contributed by atoms with Gasteiger partial charge in [0.25, 0.3) is 0 Å². The second-order valence-corrected chi connectivity index (χ2v) is 6.21. The van der Waals surface area contributed by atoms with Crippen LogP contribution in [0.2, 0.25) is 0 Å². The summed E-state index contributed by atoms with van der Waals surface area (Å²) in [6.45, 7) is 6.60. The first kappa shape index (κ1) is 15.9. The number of ether oxygens (including phenoxy) is 1. The fourth-order valence-corrected chi connectivity index (χ4v) is 2.45. The minimum absolute atomic E-state index is 0.0349. The van der Waals surface area contributed by atoms with E-state index in [1.54, 1.807) is 0 Å². The highest BCUT2D eigenvalue weighted by molar-refractivity contribution is 9.10. The summed E-state index contributed by atoms with van der Waals surface area (Å²) in [6, 6.07) is 11.9. The first-order valence-corrected chi connectivity index (χ1v) is 7.70. The van der Waals surface area contributed by atoms with E-state index in [9.17, 15) is 4.79 Å². The Morgan fingerprint density at radius 2 is 1.62 bits per heavy atom. The number of carbonyl (C=O) groups is 1. The van der Waals surface area contributed by atoms with Crippen molar-refractivity contribution in [3.63, 3.8) is 0 Å². The van der Waals surface area contributed by atoms with Crippen molar-refractivity contribution in [3.05, 3.63) is 68.7 Å². The van der Waals surface area contributed by atoms with Crippen LogP contribution in [0.4, 0.5) is 0 Å². The molecule has 21 heavy (non-hydrogen) atoms. The van der Waals surface area contributed by atoms with Crippen LogP contribution in [0, 0.1) is 20.8 Å². The number of hydrogen-bond donors (Lipinski definition) is 0. The van der Waals surface area contributed by atoms with Crippen molar-refractivity contribution in [3.8, 4) is 0 Å². The molecule has 0 aliphatic heterocycles. The quantitative estimate of drug-likeness (QED) is 0.728. The predicted octanol–water partition coefficient (Wildman–Crippen LogP) is 4.77. The average molecular weight is 347 g/mol. The van der Waals surface area contributed by atoms with E-state index in [4.69, 9.17) is 4.74 Å². The molecule has 0 radical (unpaired) electrons. The van der Waals surface area contributed by atoms with Crippen molar-refractivity contribution in [2.75, 3.05) is 6.61 Å². The first-order valence-electron chi connectivity index (χ1n) is 6.90. The van der Waals surface area contributed by atoms with Crippen molar-refractivity contribution in [2.24, 2.45) is 0 Å². The largest absolute Gasteiger partial charge is 0.369 e. The number of halogens is 1. The highest BCUT2D eigenvalue weighted by Gasteiger charge is 2.11. The maximum atomic E-state index is 12.2. The molecule has 0 amide bonds. The molecule has 0 heterocycles. The van der Waals surface area contributed by atoms with Crippen molar-refractivity contribution in [2.45, 2.75) is 27.4 Å². The Bertz CT molecular complexity index is 645. The third-order valence-electron chi connectivity index (χ3n) is 3.56. The summed E-state index contributed by atoms with van der Waals surface area (Å²) >= 11 is 3.39. The SMILES string of the molecule is Cc1cc(C)c(C(=O)COCc2ccc(Br)cc2)cc1C. The molecule has 0 atom stereocenters. The lowest BCUT2D eigenvalue weighted by Gasteiger charge is -2.09. The van der Waals surface area contributed by atoms with Gasteiger partial charge >= 0.3 is 0 Å². The van der Waals surface area contributed by atoms with Crippen LogP contribution in [-0.2, 0) is 11.3 Å². The van der Waals surface area contributed by atoms with Crippen LogP contribution in [0.3, 0.4) is 0 Å². The fraction of sp³-hybridized carbons (Fsp3) is 0.278. The van der Waals surface area contributed by atoms with Crippen LogP contribution in [0.1, 0.15) is 32.6 Å². The number of benzene rings is 2. The van der Waals surface area contributed by atoms with Crippen molar-refractivity contribution < 1.29 is 9.53 Å². The molecule has 0 saturated carbocycles. The molecule has 0 aliphatic carbocycles. The second-order valence-electron chi connectivity index (χ2n) is 5.29. The third-order valence-corrected chi connectivity index (χ3v) is 4.08. The Labute approximate surface area is 134 Å². The Hall–Kier alpha value is -1.45. The zero-order chi connectivity index (χ0) is 15.4. The topological polar surface area (TPSA) is 26.3 Å². The normalized spacial score (nSPS) is 10.7. The lowest BCUT2D eigenvalue weighted by Crippen LogP contribution is -2.11. The van der Waals surface area contributed by atoms with Crippen LogP contribution in [0.15, 0.2) is 40.9 Å². The Morgan fingerprint density at radius 3 is 2.29 bits per heavy atom. The molecule has 0 aromatic heterocycles. The van der Waals surface area contributed by atoms with Crippen molar-refractivity contribution in [1.29, 1.82) is 0 Å². The monoisotopic (exact) mass is 346 g/mol. The van der Waals surface area contributed by atoms with E-state index in [1.165, 1.54) is 5.56 Å². The van der Waals surface area contributed by atoms with Gasteiger partial charge in [0.2, 0.25) is 0 Å². The summed E-state index contributed by atoms with van der Waals surface area (Å²) in [7, 11) is 0. The summed E-state index contributed by atoms with van der Waals surface area (Å²) in [6.07, 6.45) is 0. The Balaban J connectivity index is 1.96. The maximum Gasteiger partial charge on any atom is 0.188 e. The standard InChI is InChI=1S/C18H19BrO2/c1-12-8-14(3)17(9-13(12)2)18(20)11-21-10-15-4-6-16(19)7-5-15/h4-9H,10-11H2,1-3H3. The maximum absolute atomic E-state index is 12.2. The lowest BCUT2D eigenvalue weighted by atomic mass is 9.98. The molecule has 3 heteroatoms.